The highest BCUT2D eigenvalue weighted by Gasteiger charge is 2.27. The number of nitriles is 1. The van der Waals surface area contributed by atoms with E-state index in [0.717, 1.165) is 30.1 Å². The first-order chi connectivity index (χ1) is 12.3. The predicted octanol–water partition coefficient (Wildman–Crippen LogP) is 7.90. The molecule has 144 valence electrons. The maximum Gasteiger partial charge on any atom is 0.0624 e. The number of hydrogen-bond acceptors (Lipinski definition) is 1. The zero-order valence-electron chi connectivity index (χ0n) is 17.1. The van der Waals surface area contributed by atoms with E-state index in [2.05, 4.69) is 19.9 Å². The van der Waals surface area contributed by atoms with Crippen LogP contribution in [0.3, 0.4) is 0 Å². The van der Waals surface area contributed by atoms with E-state index in [0.29, 0.717) is 5.92 Å². The summed E-state index contributed by atoms with van der Waals surface area (Å²) in [5.41, 5.74) is 0. The van der Waals surface area contributed by atoms with E-state index in [1.165, 1.54) is 96.3 Å². The van der Waals surface area contributed by atoms with Crippen LogP contribution in [0.1, 0.15) is 117 Å². The summed E-state index contributed by atoms with van der Waals surface area (Å²) in [5.74, 6) is 4.79. The molecular weight excluding hydrogens is 302 g/mol. The smallest absolute Gasteiger partial charge is 0.0624 e. The SMILES string of the molecule is CCCC1CCC([C@H](CCC)CCCC2CCC(CC#N)CC2)CC1. The zero-order valence-corrected chi connectivity index (χ0v) is 17.1. The number of hydrogen-bond donors (Lipinski definition) is 0. The van der Waals surface area contributed by atoms with Crippen LogP contribution in [-0.4, -0.2) is 0 Å². The molecule has 2 saturated carbocycles. The predicted molar refractivity (Wildman–Crippen MR) is 108 cm³/mol. The minimum absolute atomic E-state index is 0.715. The molecule has 0 aromatic carbocycles. The van der Waals surface area contributed by atoms with E-state index >= 15 is 0 Å². The minimum Gasteiger partial charge on any atom is -0.198 e. The Balaban J connectivity index is 1.65. The fourth-order valence-electron chi connectivity index (χ4n) is 5.87. The average molecular weight is 346 g/mol. The molecule has 1 atom stereocenters. The van der Waals surface area contributed by atoms with Crippen molar-refractivity contribution >= 4 is 0 Å². The van der Waals surface area contributed by atoms with Crippen LogP contribution < -0.4 is 0 Å². The fraction of sp³-hybridized carbons (Fsp3) is 0.958. The van der Waals surface area contributed by atoms with Crippen molar-refractivity contribution in [2.45, 2.75) is 117 Å². The van der Waals surface area contributed by atoms with Gasteiger partial charge in [-0.25, -0.2) is 0 Å². The molecule has 2 fully saturated rings. The zero-order chi connectivity index (χ0) is 17.9. The van der Waals surface area contributed by atoms with Gasteiger partial charge in [0.15, 0.2) is 0 Å². The molecule has 0 unspecified atom stereocenters. The molecule has 2 aliphatic rings. The lowest BCUT2D eigenvalue weighted by Crippen LogP contribution is -2.22. The molecular formula is C24H43N. The quantitative estimate of drug-likeness (QED) is 0.394. The van der Waals surface area contributed by atoms with Crippen molar-refractivity contribution in [1.82, 2.24) is 0 Å². The average Bonchev–Trinajstić information content (AvgIpc) is 2.64. The van der Waals surface area contributed by atoms with Gasteiger partial charge in [0.1, 0.15) is 0 Å². The largest absolute Gasteiger partial charge is 0.198 e. The molecule has 0 N–H and O–H groups in total. The molecule has 0 aromatic heterocycles. The Kier molecular flexibility index (Phi) is 9.97. The second-order valence-electron chi connectivity index (χ2n) is 9.30. The topological polar surface area (TPSA) is 23.8 Å². The van der Waals surface area contributed by atoms with Crippen molar-refractivity contribution in [3.05, 3.63) is 0 Å². The second-order valence-corrected chi connectivity index (χ2v) is 9.30. The molecule has 2 aliphatic carbocycles. The summed E-state index contributed by atoms with van der Waals surface area (Å²) in [6, 6.07) is 2.37. The third kappa shape index (κ3) is 7.32. The van der Waals surface area contributed by atoms with Crippen LogP contribution in [0.15, 0.2) is 0 Å². The molecule has 25 heavy (non-hydrogen) atoms. The van der Waals surface area contributed by atoms with Crippen LogP contribution in [0.5, 0.6) is 0 Å². The van der Waals surface area contributed by atoms with E-state index in [4.69, 9.17) is 5.26 Å². The highest BCUT2D eigenvalue weighted by molar-refractivity contribution is 4.81. The van der Waals surface area contributed by atoms with Crippen LogP contribution >= 0.6 is 0 Å². The normalized spacial score (nSPS) is 31.4. The molecule has 1 heteroatoms. The maximum absolute atomic E-state index is 8.86. The van der Waals surface area contributed by atoms with Crippen molar-refractivity contribution in [3.63, 3.8) is 0 Å². The van der Waals surface area contributed by atoms with Crippen molar-refractivity contribution in [2.24, 2.45) is 29.6 Å². The monoisotopic (exact) mass is 345 g/mol. The molecule has 0 bridgehead atoms. The molecule has 0 radical (unpaired) electrons. The van der Waals surface area contributed by atoms with Gasteiger partial charge >= 0.3 is 0 Å². The first-order valence-corrected chi connectivity index (χ1v) is 11.6. The first-order valence-electron chi connectivity index (χ1n) is 11.6. The van der Waals surface area contributed by atoms with Gasteiger partial charge in [-0.1, -0.05) is 84.5 Å². The van der Waals surface area contributed by atoms with Gasteiger partial charge in [0.05, 0.1) is 6.07 Å². The Morgan fingerprint density at radius 1 is 0.760 bits per heavy atom. The minimum atomic E-state index is 0.715. The highest BCUT2D eigenvalue weighted by Crippen LogP contribution is 2.40. The Morgan fingerprint density at radius 2 is 1.36 bits per heavy atom. The lowest BCUT2D eigenvalue weighted by atomic mass is 9.71. The maximum atomic E-state index is 8.86. The van der Waals surface area contributed by atoms with Gasteiger partial charge in [-0.2, -0.15) is 5.26 Å². The second kappa shape index (κ2) is 12.0. The van der Waals surface area contributed by atoms with E-state index in [9.17, 15) is 0 Å². The van der Waals surface area contributed by atoms with Gasteiger partial charge in [0, 0.05) is 6.42 Å². The van der Waals surface area contributed by atoms with Crippen LogP contribution in [0.2, 0.25) is 0 Å². The van der Waals surface area contributed by atoms with E-state index in [-0.39, 0.29) is 0 Å². The van der Waals surface area contributed by atoms with Gasteiger partial charge < -0.3 is 0 Å². The number of nitrogens with zero attached hydrogens (tertiary/aromatic N) is 1. The van der Waals surface area contributed by atoms with Crippen molar-refractivity contribution < 1.29 is 0 Å². The van der Waals surface area contributed by atoms with Crippen molar-refractivity contribution in [2.75, 3.05) is 0 Å². The lowest BCUT2D eigenvalue weighted by Gasteiger charge is -2.34. The Morgan fingerprint density at radius 3 is 1.96 bits per heavy atom. The van der Waals surface area contributed by atoms with Gasteiger partial charge in [-0.05, 0) is 55.3 Å². The molecule has 0 saturated heterocycles. The van der Waals surface area contributed by atoms with Gasteiger partial charge in [-0.15, -0.1) is 0 Å². The van der Waals surface area contributed by atoms with Crippen LogP contribution in [0, 0.1) is 40.9 Å². The molecule has 2 rings (SSSR count). The third-order valence-corrected chi connectivity index (χ3v) is 7.45. The third-order valence-electron chi connectivity index (χ3n) is 7.45. The van der Waals surface area contributed by atoms with Gasteiger partial charge in [-0.3, -0.25) is 0 Å². The molecule has 0 aliphatic heterocycles. The van der Waals surface area contributed by atoms with Crippen LogP contribution in [0.25, 0.3) is 0 Å². The Bertz CT molecular complexity index is 366. The fourth-order valence-corrected chi connectivity index (χ4v) is 5.87. The molecule has 0 spiro atoms. The summed E-state index contributed by atoms with van der Waals surface area (Å²) in [4.78, 5) is 0. The standard InChI is InChI=1S/C24H43N/c1-3-6-20-14-16-24(17-15-20)23(7-4-2)9-5-8-21-10-12-22(13-11-21)18-19-25/h20-24H,3-18H2,1-2H3/t20?,21?,22?,23-,24?/m1/s1. The Hall–Kier alpha value is -0.510. The summed E-state index contributed by atoms with van der Waals surface area (Å²) < 4.78 is 0. The highest BCUT2D eigenvalue weighted by atomic mass is 14.3. The summed E-state index contributed by atoms with van der Waals surface area (Å²) in [5, 5.41) is 8.86. The Labute approximate surface area is 158 Å². The summed E-state index contributed by atoms with van der Waals surface area (Å²) >= 11 is 0. The first kappa shape index (κ1) is 20.8. The van der Waals surface area contributed by atoms with Crippen LogP contribution in [0.4, 0.5) is 0 Å². The molecule has 0 amide bonds. The summed E-state index contributed by atoms with van der Waals surface area (Å²) in [7, 11) is 0. The van der Waals surface area contributed by atoms with Gasteiger partial charge in [0.25, 0.3) is 0 Å². The van der Waals surface area contributed by atoms with E-state index in [1.807, 2.05) is 0 Å². The number of rotatable bonds is 10. The molecule has 1 nitrogen and oxygen atoms in total. The lowest BCUT2D eigenvalue weighted by molar-refractivity contribution is 0.173. The van der Waals surface area contributed by atoms with Crippen molar-refractivity contribution in [1.29, 1.82) is 5.26 Å². The molecule has 0 aromatic rings. The molecule has 0 heterocycles. The van der Waals surface area contributed by atoms with Crippen LogP contribution in [-0.2, 0) is 0 Å². The van der Waals surface area contributed by atoms with E-state index in [1.54, 1.807) is 0 Å². The van der Waals surface area contributed by atoms with E-state index < -0.39 is 0 Å². The van der Waals surface area contributed by atoms with Gasteiger partial charge in [0.2, 0.25) is 0 Å². The van der Waals surface area contributed by atoms with Crippen molar-refractivity contribution in [3.8, 4) is 6.07 Å². The summed E-state index contributed by atoms with van der Waals surface area (Å²) in [6.07, 6.45) is 22.4. The summed E-state index contributed by atoms with van der Waals surface area (Å²) in [6.45, 7) is 4.73.